The Bertz CT molecular complexity index is 255. The lowest BCUT2D eigenvalue weighted by Gasteiger charge is -2.02. The second kappa shape index (κ2) is 3.14. The number of tetrazole rings is 1. The van der Waals surface area contributed by atoms with Crippen LogP contribution < -0.4 is 0 Å². The van der Waals surface area contributed by atoms with Crippen LogP contribution in [0, 0.1) is 6.92 Å². The van der Waals surface area contributed by atoms with E-state index in [2.05, 4.69) is 22.1 Å². The van der Waals surface area contributed by atoms with Crippen LogP contribution >= 0.6 is 0 Å². The number of methoxy groups -OCH3 is 1. The third-order valence-corrected chi connectivity index (χ3v) is 1.33. The fourth-order valence-electron chi connectivity index (χ4n) is 0.627. The number of hydrogen-bond acceptors (Lipinski definition) is 4. The van der Waals surface area contributed by atoms with Crippen molar-refractivity contribution in [3.05, 3.63) is 18.2 Å². The Balaban J connectivity index is 2.64. The smallest absolute Gasteiger partial charge is 0.148 e. The Morgan fingerprint density at radius 3 is 2.91 bits per heavy atom. The standard InChI is InChI=1S/C6H10N4O/c1-5(11-3)4-10-6(2)7-8-9-10/h1,4H2,2-3H3. The summed E-state index contributed by atoms with van der Waals surface area (Å²) in [4.78, 5) is 0. The van der Waals surface area contributed by atoms with Crippen LogP contribution in [0.5, 0.6) is 0 Å². The molecule has 5 heteroatoms. The second-order valence-electron chi connectivity index (χ2n) is 2.13. The lowest BCUT2D eigenvalue weighted by atomic mass is 10.5. The Labute approximate surface area is 64.7 Å². The van der Waals surface area contributed by atoms with Crippen molar-refractivity contribution in [1.82, 2.24) is 20.2 Å². The van der Waals surface area contributed by atoms with Gasteiger partial charge in [0.25, 0.3) is 0 Å². The molecule has 0 fully saturated rings. The first kappa shape index (κ1) is 7.71. The van der Waals surface area contributed by atoms with E-state index in [0.717, 1.165) is 5.82 Å². The molecule has 5 nitrogen and oxygen atoms in total. The molecular weight excluding hydrogens is 144 g/mol. The fourth-order valence-corrected chi connectivity index (χ4v) is 0.627. The quantitative estimate of drug-likeness (QED) is 0.581. The van der Waals surface area contributed by atoms with Gasteiger partial charge >= 0.3 is 0 Å². The molecule has 0 N–H and O–H groups in total. The zero-order valence-electron chi connectivity index (χ0n) is 6.61. The molecule has 0 saturated carbocycles. The second-order valence-corrected chi connectivity index (χ2v) is 2.13. The summed E-state index contributed by atoms with van der Waals surface area (Å²) in [5.74, 6) is 1.39. The molecule has 0 atom stereocenters. The Morgan fingerprint density at radius 1 is 1.73 bits per heavy atom. The summed E-state index contributed by atoms with van der Waals surface area (Å²) >= 11 is 0. The van der Waals surface area contributed by atoms with E-state index in [1.54, 1.807) is 11.8 Å². The van der Waals surface area contributed by atoms with Gasteiger partial charge in [-0.2, -0.15) is 0 Å². The van der Waals surface area contributed by atoms with E-state index in [4.69, 9.17) is 4.74 Å². The first-order valence-electron chi connectivity index (χ1n) is 3.18. The minimum absolute atomic E-state index is 0.509. The molecule has 0 aliphatic heterocycles. The van der Waals surface area contributed by atoms with Gasteiger partial charge in [0.2, 0.25) is 0 Å². The normalized spacial score (nSPS) is 9.64. The average molecular weight is 154 g/mol. The van der Waals surface area contributed by atoms with Crippen LogP contribution in [0.3, 0.4) is 0 Å². The van der Waals surface area contributed by atoms with Gasteiger partial charge in [-0.1, -0.05) is 6.58 Å². The van der Waals surface area contributed by atoms with Crippen molar-refractivity contribution in [1.29, 1.82) is 0 Å². The number of aryl methyl sites for hydroxylation is 1. The number of aromatic nitrogens is 4. The molecule has 1 aromatic heterocycles. The van der Waals surface area contributed by atoms with E-state index in [-0.39, 0.29) is 0 Å². The van der Waals surface area contributed by atoms with E-state index < -0.39 is 0 Å². The molecule has 0 aliphatic rings. The summed E-state index contributed by atoms with van der Waals surface area (Å²) in [5.41, 5.74) is 0. The van der Waals surface area contributed by atoms with Crippen LogP contribution in [-0.2, 0) is 11.3 Å². The third-order valence-electron chi connectivity index (χ3n) is 1.33. The molecule has 0 aliphatic carbocycles. The Morgan fingerprint density at radius 2 is 2.45 bits per heavy atom. The van der Waals surface area contributed by atoms with Crippen molar-refractivity contribution in [3.63, 3.8) is 0 Å². The van der Waals surface area contributed by atoms with Crippen LogP contribution in [0.25, 0.3) is 0 Å². The Kier molecular flexibility index (Phi) is 2.20. The van der Waals surface area contributed by atoms with Crippen molar-refractivity contribution in [2.24, 2.45) is 0 Å². The highest BCUT2D eigenvalue weighted by Crippen LogP contribution is 1.96. The SMILES string of the molecule is C=C(Cn1nnnc1C)OC. The summed E-state index contributed by atoms with van der Waals surface area (Å²) in [5, 5.41) is 10.9. The first-order valence-corrected chi connectivity index (χ1v) is 3.18. The molecule has 1 heterocycles. The topological polar surface area (TPSA) is 52.8 Å². The number of ether oxygens (including phenoxy) is 1. The highest BCUT2D eigenvalue weighted by Gasteiger charge is 2.00. The third kappa shape index (κ3) is 1.76. The molecular formula is C6H10N4O. The summed E-state index contributed by atoms with van der Waals surface area (Å²) in [6.07, 6.45) is 0. The van der Waals surface area contributed by atoms with Crippen LogP contribution in [0.1, 0.15) is 5.82 Å². The molecule has 0 radical (unpaired) electrons. The molecule has 1 aromatic rings. The highest BCUT2D eigenvalue weighted by molar-refractivity contribution is 4.85. The lowest BCUT2D eigenvalue weighted by Crippen LogP contribution is -2.05. The van der Waals surface area contributed by atoms with Gasteiger partial charge in [-0.25, -0.2) is 4.68 Å². The van der Waals surface area contributed by atoms with Crippen LogP contribution in [-0.4, -0.2) is 27.3 Å². The van der Waals surface area contributed by atoms with Gasteiger partial charge in [-0.3, -0.25) is 0 Å². The van der Waals surface area contributed by atoms with Crippen molar-refractivity contribution in [2.45, 2.75) is 13.5 Å². The van der Waals surface area contributed by atoms with Gasteiger partial charge in [0.1, 0.15) is 18.1 Å². The molecule has 11 heavy (non-hydrogen) atoms. The van der Waals surface area contributed by atoms with Gasteiger partial charge in [-0.05, 0) is 17.4 Å². The van der Waals surface area contributed by atoms with Gasteiger partial charge in [0.05, 0.1) is 7.11 Å². The van der Waals surface area contributed by atoms with Crippen LogP contribution in [0.4, 0.5) is 0 Å². The van der Waals surface area contributed by atoms with Crippen molar-refractivity contribution in [3.8, 4) is 0 Å². The van der Waals surface area contributed by atoms with Crippen molar-refractivity contribution < 1.29 is 4.74 Å². The summed E-state index contributed by atoms with van der Waals surface area (Å²) in [6, 6.07) is 0. The number of nitrogens with zero attached hydrogens (tertiary/aromatic N) is 4. The minimum Gasteiger partial charge on any atom is -0.500 e. The van der Waals surface area contributed by atoms with E-state index in [9.17, 15) is 0 Å². The van der Waals surface area contributed by atoms with E-state index in [0.29, 0.717) is 12.3 Å². The minimum atomic E-state index is 0.509. The molecule has 0 saturated heterocycles. The highest BCUT2D eigenvalue weighted by atomic mass is 16.5. The monoisotopic (exact) mass is 154 g/mol. The van der Waals surface area contributed by atoms with Crippen molar-refractivity contribution >= 4 is 0 Å². The maximum Gasteiger partial charge on any atom is 0.148 e. The van der Waals surface area contributed by atoms with E-state index in [1.807, 2.05) is 6.92 Å². The van der Waals surface area contributed by atoms with Gasteiger partial charge in [0, 0.05) is 0 Å². The lowest BCUT2D eigenvalue weighted by molar-refractivity contribution is 0.266. The number of rotatable bonds is 3. The van der Waals surface area contributed by atoms with E-state index in [1.165, 1.54) is 0 Å². The molecule has 0 amide bonds. The van der Waals surface area contributed by atoms with Gasteiger partial charge in [0.15, 0.2) is 0 Å². The molecule has 0 unspecified atom stereocenters. The zero-order chi connectivity index (χ0) is 8.27. The maximum atomic E-state index is 4.87. The van der Waals surface area contributed by atoms with Crippen LogP contribution in [0.2, 0.25) is 0 Å². The predicted octanol–water partition coefficient (Wildman–Crippen LogP) is 0.142. The number of hydrogen-bond donors (Lipinski definition) is 0. The molecule has 0 spiro atoms. The summed E-state index contributed by atoms with van der Waals surface area (Å²) < 4.78 is 6.48. The molecule has 60 valence electrons. The average Bonchev–Trinajstić information content (AvgIpc) is 2.37. The van der Waals surface area contributed by atoms with E-state index >= 15 is 0 Å². The van der Waals surface area contributed by atoms with Gasteiger partial charge < -0.3 is 4.74 Å². The number of allylic oxidation sites excluding steroid dienone is 1. The van der Waals surface area contributed by atoms with Gasteiger partial charge in [-0.15, -0.1) is 5.10 Å². The summed E-state index contributed by atoms with van der Waals surface area (Å²) in [7, 11) is 1.57. The zero-order valence-corrected chi connectivity index (χ0v) is 6.61. The van der Waals surface area contributed by atoms with Crippen LogP contribution in [0.15, 0.2) is 12.3 Å². The fraction of sp³-hybridized carbons (Fsp3) is 0.500. The first-order chi connectivity index (χ1) is 5.24. The predicted molar refractivity (Wildman–Crippen MR) is 38.7 cm³/mol. The summed E-state index contributed by atoms with van der Waals surface area (Å²) in [6.45, 7) is 5.98. The maximum absolute atomic E-state index is 4.87. The molecule has 0 aromatic carbocycles. The largest absolute Gasteiger partial charge is 0.500 e. The molecule has 1 rings (SSSR count). The Hall–Kier alpha value is -1.39. The van der Waals surface area contributed by atoms with Crippen molar-refractivity contribution in [2.75, 3.05) is 7.11 Å². The molecule has 0 bridgehead atoms.